The topological polar surface area (TPSA) is 42.0 Å². The highest BCUT2D eigenvalue weighted by Gasteiger charge is 2.28. The molecule has 0 saturated heterocycles. The fourth-order valence-electron chi connectivity index (χ4n) is 1.75. The van der Waals surface area contributed by atoms with Crippen molar-refractivity contribution in [3.05, 3.63) is 52.1 Å². The first-order valence-corrected chi connectivity index (χ1v) is 8.26. The molecule has 1 aromatic heterocycles. The number of hydrogen-bond donors (Lipinski definition) is 1. The molecule has 0 spiro atoms. The summed E-state index contributed by atoms with van der Waals surface area (Å²) >= 11 is 3.85. The van der Waals surface area contributed by atoms with Crippen LogP contribution in [-0.2, 0) is 0 Å². The summed E-state index contributed by atoms with van der Waals surface area (Å²) < 4.78 is 37.9. The summed E-state index contributed by atoms with van der Waals surface area (Å²) in [7, 11) is 0. The molecular weight excluding hydrogens is 393 g/mol. The number of benzene rings is 1. The fraction of sp³-hybridized carbons (Fsp3) is 0.200. The van der Waals surface area contributed by atoms with Crippen molar-refractivity contribution in [2.24, 2.45) is 0 Å². The minimum Gasteiger partial charge on any atom is -0.322 e. The lowest BCUT2D eigenvalue weighted by atomic mass is 10.2. The minimum absolute atomic E-state index is 0.0520. The van der Waals surface area contributed by atoms with Crippen LogP contribution in [0.5, 0.6) is 0 Å². The Hall–Kier alpha value is -1.54. The van der Waals surface area contributed by atoms with Crippen LogP contribution >= 0.6 is 27.7 Å². The summed E-state index contributed by atoms with van der Waals surface area (Å²) in [6.45, 7) is 1.87. The summed E-state index contributed by atoms with van der Waals surface area (Å²) in [5.41, 5.74) is 1.61. The zero-order chi connectivity index (χ0) is 17.0. The van der Waals surface area contributed by atoms with E-state index in [9.17, 15) is 18.0 Å². The smallest absolute Gasteiger partial charge is 0.322 e. The molecule has 0 radical (unpaired) electrons. The lowest BCUT2D eigenvalue weighted by Crippen LogP contribution is -2.15. The Kier molecular flexibility index (Phi) is 5.69. The molecule has 8 heteroatoms. The molecule has 1 N–H and O–H groups in total. The van der Waals surface area contributed by atoms with Gasteiger partial charge in [-0.25, -0.2) is 4.98 Å². The van der Waals surface area contributed by atoms with Gasteiger partial charge in [-0.05, 0) is 42.8 Å². The second-order valence-corrected chi connectivity index (χ2v) is 6.50. The van der Waals surface area contributed by atoms with Gasteiger partial charge < -0.3 is 5.32 Å². The quantitative estimate of drug-likeness (QED) is 0.724. The van der Waals surface area contributed by atoms with E-state index in [1.54, 1.807) is 18.2 Å². The number of aryl methyl sites for hydroxylation is 1. The molecule has 23 heavy (non-hydrogen) atoms. The molecule has 0 unspecified atom stereocenters. The number of alkyl halides is 3. The van der Waals surface area contributed by atoms with Gasteiger partial charge >= 0.3 is 6.18 Å². The maximum absolute atomic E-state index is 12.3. The number of halogens is 4. The molecule has 3 nitrogen and oxygen atoms in total. The summed E-state index contributed by atoms with van der Waals surface area (Å²) in [4.78, 5) is 16.2. The minimum atomic E-state index is -4.32. The van der Waals surface area contributed by atoms with Crippen LogP contribution in [0.15, 0.2) is 46.0 Å². The third-order valence-corrected chi connectivity index (χ3v) is 4.76. The number of thioether (sulfide) groups is 1. The Morgan fingerprint density at radius 2 is 2.09 bits per heavy atom. The number of rotatable bonds is 4. The first-order valence-electron chi connectivity index (χ1n) is 6.48. The Labute approximate surface area is 143 Å². The van der Waals surface area contributed by atoms with Crippen molar-refractivity contribution in [1.29, 1.82) is 0 Å². The standard InChI is InChI=1S/C15H12BrF3N2OS/c1-9-7-10(4-5-12(9)16)21-13(22)11-3-2-6-20-14(11)23-8-15(17,18)19/h2-7H,8H2,1H3,(H,21,22). The van der Waals surface area contributed by atoms with Gasteiger partial charge in [-0.2, -0.15) is 13.2 Å². The van der Waals surface area contributed by atoms with Gasteiger partial charge in [0.05, 0.1) is 11.3 Å². The third kappa shape index (κ3) is 5.24. The number of anilines is 1. The van der Waals surface area contributed by atoms with Gasteiger partial charge in [0.1, 0.15) is 5.03 Å². The summed E-state index contributed by atoms with van der Waals surface area (Å²) in [6, 6.07) is 8.22. The number of carbonyl (C=O) groups excluding carboxylic acids is 1. The van der Waals surface area contributed by atoms with Crippen molar-refractivity contribution in [3.8, 4) is 0 Å². The van der Waals surface area contributed by atoms with Crippen LogP contribution in [-0.4, -0.2) is 22.8 Å². The zero-order valence-corrected chi connectivity index (χ0v) is 14.3. The third-order valence-electron chi connectivity index (χ3n) is 2.80. The highest BCUT2D eigenvalue weighted by atomic mass is 79.9. The van der Waals surface area contributed by atoms with Crippen LogP contribution in [0.3, 0.4) is 0 Å². The van der Waals surface area contributed by atoms with Crippen LogP contribution in [0.25, 0.3) is 0 Å². The van der Waals surface area contributed by atoms with E-state index in [1.165, 1.54) is 18.3 Å². The lowest BCUT2D eigenvalue weighted by Gasteiger charge is -2.11. The Morgan fingerprint density at radius 3 is 2.74 bits per heavy atom. The van der Waals surface area contributed by atoms with Crippen LogP contribution in [0.4, 0.5) is 18.9 Å². The lowest BCUT2D eigenvalue weighted by molar-refractivity contribution is -0.105. The van der Waals surface area contributed by atoms with Crippen molar-refractivity contribution < 1.29 is 18.0 Å². The van der Waals surface area contributed by atoms with E-state index in [0.29, 0.717) is 17.4 Å². The maximum atomic E-state index is 12.3. The van der Waals surface area contributed by atoms with Crippen molar-refractivity contribution in [2.75, 3.05) is 11.1 Å². The molecule has 0 bridgehead atoms. The van der Waals surface area contributed by atoms with Crippen molar-refractivity contribution >= 4 is 39.3 Å². The summed E-state index contributed by atoms with van der Waals surface area (Å²) in [6.07, 6.45) is -2.96. The molecule has 0 atom stereocenters. The first kappa shape index (κ1) is 17.8. The number of pyridine rings is 1. The predicted octanol–water partition coefficient (Wildman–Crippen LogP) is 5.06. The van der Waals surface area contributed by atoms with E-state index in [1.807, 2.05) is 6.92 Å². The van der Waals surface area contributed by atoms with Gasteiger partial charge in [-0.1, -0.05) is 27.7 Å². The van der Waals surface area contributed by atoms with Gasteiger partial charge in [0.15, 0.2) is 0 Å². The van der Waals surface area contributed by atoms with E-state index in [2.05, 4.69) is 26.2 Å². The van der Waals surface area contributed by atoms with E-state index in [4.69, 9.17) is 0 Å². The number of nitrogens with one attached hydrogen (secondary N) is 1. The van der Waals surface area contributed by atoms with Gasteiger partial charge in [0.25, 0.3) is 5.91 Å². The SMILES string of the molecule is Cc1cc(NC(=O)c2cccnc2SCC(F)(F)F)ccc1Br. The van der Waals surface area contributed by atoms with Crippen LogP contribution in [0.2, 0.25) is 0 Å². The van der Waals surface area contributed by atoms with Crippen LogP contribution < -0.4 is 5.32 Å². The van der Waals surface area contributed by atoms with Crippen molar-refractivity contribution in [3.63, 3.8) is 0 Å². The Balaban J connectivity index is 2.17. The molecule has 0 aliphatic rings. The molecule has 1 amide bonds. The van der Waals surface area contributed by atoms with Crippen LogP contribution in [0.1, 0.15) is 15.9 Å². The van der Waals surface area contributed by atoms with E-state index in [0.717, 1.165) is 10.0 Å². The molecule has 0 fully saturated rings. The average Bonchev–Trinajstić information content (AvgIpc) is 2.48. The molecular formula is C15H12BrF3N2OS. The highest BCUT2D eigenvalue weighted by molar-refractivity contribution is 9.10. The number of hydrogen-bond acceptors (Lipinski definition) is 3. The molecule has 0 aliphatic heterocycles. The second-order valence-electron chi connectivity index (χ2n) is 4.68. The van der Waals surface area contributed by atoms with Crippen LogP contribution in [0, 0.1) is 6.92 Å². The Morgan fingerprint density at radius 1 is 1.35 bits per heavy atom. The monoisotopic (exact) mass is 404 g/mol. The summed E-state index contributed by atoms with van der Waals surface area (Å²) in [5, 5.41) is 2.72. The van der Waals surface area contributed by atoms with Gasteiger partial charge in [0.2, 0.25) is 0 Å². The molecule has 2 aromatic rings. The Bertz CT molecular complexity index is 722. The van der Waals surface area contributed by atoms with Crippen molar-refractivity contribution in [1.82, 2.24) is 4.98 Å². The van der Waals surface area contributed by atoms with Gasteiger partial charge in [-0.3, -0.25) is 4.79 Å². The molecule has 1 aromatic carbocycles. The zero-order valence-electron chi connectivity index (χ0n) is 11.9. The first-order chi connectivity index (χ1) is 10.8. The van der Waals surface area contributed by atoms with E-state index in [-0.39, 0.29) is 10.6 Å². The number of aromatic nitrogens is 1. The number of carbonyl (C=O) groups is 1. The molecule has 0 aliphatic carbocycles. The highest BCUT2D eigenvalue weighted by Crippen LogP contribution is 2.28. The molecule has 2 rings (SSSR count). The van der Waals surface area contributed by atoms with Gasteiger partial charge in [0, 0.05) is 16.4 Å². The maximum Gasteiger partial charge on any atom is 0.398 e. The largest absolute Gasteiger partial charge is 0.398 e. The average molecular weight is 405 g/mol. The molecule has 1 heterocycles. The molecule has 122 valence electrons. The van der Waals surface area contributed by atoms with E-state index < -0.39 is 17.8 Å². The van der Waals surface area contributed by atoms with E-state index >= 15 is 0 Å². The normalized spacial score (nSPS) is 11.3. The predicted molar refractivity (Wildman–Crippen MR) is 87.8 cm³/mol. The second kappa shape index (κ2) is 7.35. The molecule has 0 saturated carbocycles. The fourth-order valence-corrected chi connectivity index (χ4v) is 2.75. The van der Waals surface area contributed by atoms with Gasteiger partial charge in [-0.15, -0.1) is 0 Å². The number of nitrogens with zero attached hydrogens (tertiary/aromatic N) is 1. The van der Waals surface area contributed by atoms with Crippen molar-refractivity contribution in [2.45, 2.75) is 18.1 Å². The number of amides is 1. The summed E-state index contributed by atoms with van der Waals surface area (Å²) in [5.74, 6) is -1.59.